The van der Waals surface area contributed by atoms with E-state index in [1.165, 1.54) is 9.87 Å². The molecule has 168 valence electrons. The molecule has 2 aromatic rings. The fraction of sp³-hybridized carbons (Fsp3) is 0.480. The van der Waals surface area contributed by atoms with Crippen LogP contribution >= 0.6 is 0 Å². The summed E-state index contributed by atoms with van der Waals surface area (Å²) in [5.41, 5.74) is 3.50. The van der Waals surface area contributed by atoms with Gasteiger partial charge in [-0.25, -0.2) is 8.42 Å². The third-order valence-electron chi connectivity index (χ3n) is 6.08. The van der Waals surface area contributed by atoms with Gasteiger partial charge in [0, 0.05) is 32.6 Å². The van der Waals surface area contributed by atoms with Gasteiger partial charge < -0.3 is 4.90 Å². The van der Waals surface area contributed by atoms with Crippen LogP contribution in [0.25, 0.3) is 0 Å². The number of carbonyl (C=O) groups is 1. The van der Waals surface area contributed by atoms with Gasteiger partial charge in [0.2, 0.25) is 15.9 Å². The maximum Gasteiger partial charge on any atom is 0.243 e. The van der Waals surface area contributed by atoms with Gasteiger partial charge in [0.1, 0.15) is 0 Å². The fourth-order valence-electron chi connectivity index (χ4n) is 3.98. The van der Waals surface area contributed by atoms with E-state index in [1.54, 1.807) is 17.0 Å². The summed E-state index contributed by atoms with van der Waals surface area (Å²) in [5.74, 6) is -0.0457. The second kappa shape index (κ2) is 9.13. The van der Waals surface area contributed by atoms with Crippen LogP contribution in [0.15, 0.2) is 53.4 Å². The Bertz CT molecular complexity index is 998. The molecule has 0 radical (unpaired) electrons. The molecule has 0 bridgehead atoms. The molecule has 0 atom stereocenters. The first-order valence-electron chi connectivity index (χ1n) is 10.9. The summed E-state index contributed by atoms with van der Waals surface area (Å²) >= 11 is 0. The number of aryl methyl sites for hydroxylation is 1. The van der Waals surface area contributed by atoms with Gasteiger partial charge in [-0.05, 0) is 48.4 Å². The first-order valence-corrected chi connectivity index (χ1v) is 12.3. The Balaban J connectivity index is 1.57. The molecule has 0 N–H and O–H groups in total. The van der Waals surface area contributed by atoms with Crippen LogP contribution in [0.2, 0.25) is 0 Å². The number of carbonyl (C=O) groups excluding carboxylic acids is 1. The summed E-state index contributed by atoms with van der Waals surface area (Å²) in [4.78, 5) is 15.0. The number of benzene rings is 2. The molecule has 0 saturated carbocycles. The van der Waals surface area contributed by atoms with Crippen molar-refractivity contribution in [1.29, 1.82) is 0 Å². The Labute approximate surface area is 187 Å². The molecule has 6 heteroatoms. The lowest BCUT2D eigenvalue weighted by Crippen LogP contribution is -2.43. The van der Waals surface area contributed by atoms with Crippen LogP contribution in [0.1, 0.15) is 50.3 Å². The van der Waals surface area contributed by atoms with Crippen molar-refractivity contribution < 1.29 is 13.2 Å². The van der Waals surface area contributed by atoms with Gasteiger partial charge >= 0.3 is 0 Å². The van der Waals surface area contributed by atoms with E-state index in [-0.39, 0.29) is 17.2 Å². The van der Waals surface area contributed by atoms with E-state index >= 15 is 0 Å². The Hall–Kier alpha value is -2.18. The van der Waals surface area contributed by atoms with Crippen molar-refractivity contribution in [3.63, 3.8) is 0 Å². The molecule has 5 nitrogen and oxygen atoms in total. The van der Waals surface area contributed by atoms with Gasteiger partial charge in [0.25, 0.3) is 0 Å². The molecule has 31 heavy (non-hydrogen) atoms. The lowest BCUT2D eigenvalue weighted by atomic mass is 9.86. The predicted molar refractivity (Wildman–Crippen MR) is 124 cm³/mol. The van der Waals surface area contributed by atoms with Crippen LogP contribution in [0.4, 0.5) is 0 Å². The zero-order valence-electron chi connectivity index (χ0n) is 19.3. The molecular formula is C25H34N2O3S. The topological polar surface area (TPSA) is 57.7 Å². The quantitative estimate of drug-likeness (QED) is 0.692. The maximum absolute atomic E-state index is 13.0. The lowest BCUT2D eigenvalue weighted by Gasteiger charge is -2.32. The minimum absolute atomic E-state index is 0.0901. The van der Waals surface area contributed by atoms with Gasteiger partial charge in [-0.1, -0.05) is 62.7 Å². The van der Waals surface area contributed by atoms with E-state index in [9.17, 15) is 13.2 Å². The molecule has 3 rings (SSSR count). The van der Waals surface area contributed by atoms with Crippen LogP contribution < -0.4 is 0 Å². The summed E-state index contributed by atoms with van der Waals surface area (Å²) in [5, 5.41) is 0. The molecule has 1 heterocycles. The number of nitrogens with zero attached hydrogens (tertiary/aromatic N) is 2. The number of hydrogen-bond donors (Lipinski definition) is 0. The molecule has 1 amide bonds. The minimum atomic E-state index is -3.50. The fourth-order valence-corrected chi connectivity index (χ4v) is 5.45. The van der Waals surface area contributed by atoms with Gasteiger partial charge in [0.15, 0.2) is 0 Å². The van der Waals surface area contributed by atoms with Crippen LogP contribution in [-0.4, -0.2) is 43.7 Å². The van der Waals surface area contributed by atoms with E-state index in [1.807, 2.05) is 26.1 Å². The smallest absolute Gasteiger partial charge is 0.243 e. The molecule has 0 spiro atoms. The van der Waals surface area contributed by atoms with E-state index < -0.39 is 10.0 Å². The summed E-state index contributed by atoms with van der Waals surface area (Å²) in [6, 6.07) is 15.4. The predicted octanol–water partition coefficient (Wildman–Crippen LogP) is 4.35. The first-order chi connectivity index (χ1) is 14.5. The van der Waals surface area contributed by atoms with Crippen LogP contribution in [0.3, 0.4) is 0 Å². The molecule has 1 saturated heterocycles. The summed E-state index contributed by atoms with van der Waals surface area (Å²) in [7, 11) is -1.68. The average molecular weight is 443 g/mol. The number of sulfonamides is 1. The molecule has 0 unspecified atom stereocenters. The van der Waals surface area contributed by atoms with Crippen LogP contribution in [0, 0.1) is 12.8 Å². The highest BCUT2D eigenvalue weighted by atomic mass is 32.2. The largest absolute Gasteiger partial charge is 0.341 e. The second-order valence-corrected chi connectivity index (χ2v) is 11.6. The van der Waals surface area contributed by atoms with Crippen molar-refractivity contribution in [3.05, 3.63) is 65.2 Å². The average Bonchev–Trinajstić information content (AvgIpc) is 2.73. The SMILES string of the molecule is Cc1ccc(S(=O)(=O)N2CCC(C(=O)N(C)Cc3ccc(C(C)(C)C)cc3)CC2)cc1. The van der Waals surface area contributed by atoms with Crippen LogP contribution in [0.5, 0.6) is 0 Å². The Morgan fingerprint density at radius 1 is 1.00 bits per heavy atom. The summed E-state index contributed by atoms with van der Waals surface area (Å²) in [6.07, 6.45) is 1.11. The van der Waals surface area contributed by atoms with Crippen molar-refractivity contribution in [3.8, 4) is 0 Å². The third kappa shape index (κ3) is 5.55. The van der Waals surface area contributed by atoms with E-state index in [0.717, 1.165) is 11.1 Å². The van der Waals surface area contributed by atoms with Crippen molar-refractivity contribution >= 4 is 15.9 Å². The minimum Gasteiger partial charge on any atom is -0.341 e. The zero-order chi connectivity index (χ0) is 22.8. The summed E-state index contributed by atoms with van der Waals surface area (Å²) in [6.45, 7) is 9.80. The Morgan fingerprint density at radius 3 is 2.06 bits per heavy atom. The summed E-state index contributed by atoms with van der Waals surface area (Å²) < 4.78 is 27.3. The monoisotopic (exact) mass is 442 g/mol. The van der Waals surface area contributed by atoms with Crippen molar-refractivity contribution in [2.75, 3.05) is 20.1 Å². The zero-order valence-corrected chi connectivity index (χ0v) is 20.1. The molecule has 1 aliphatic rings. The van der Waals surface area contributed by atoms with Gasteiger partial charge in [-0.2, -0.15) is 4.31 Å². The molecule has 2 aromatic carbocycles. The van der Waals surface area contributed by atoms with Crippen molar-refractivity contribution in [1.82, 2.24) is 9.21 Å². The number of hydrogen-bond acceptors (Lipinski definition) is 3. The van der Waals surface area contributed by atoms with Crippen LogP contribution in [-0.2, 0) is 26.8 Å². The van der Waals surface area contributed by atoms with E-state index in [2.05, 4.69) is 45.0 Å². The highest BCUT2D eigenvalue weighted by molar-refractivity contribution is 7.89. The maximum atomic E-state index is 13.0. The lowest BCUT2D eigenvalue weighted by molar-refractivity contribution is -0.135. The van der Waals surface area contributed by atoms with E-state index in [4.69, 9.17) is 0 Å². The third-order valence-corrected chi connectivity index (χ3v) is 7.99. The molecule has 0 aromatic heterocycles. The Morgan fingerprint density at radius 2 is 1.55 bits per heavy atom. The highest BCUT2D eigenvalue weighted by Gasteiger charge is 2.33. The molecule has 1 fully saturated rings. The van der Waals surface area contributed by atoms with Crippen molar-refractivity contribution in [2.24, 2.45) is 5.92 Å². The van der Waals surface area contributed by atoms with Gasteiger partial charge in [0.05, 0.1) is 4.90 Å². The van der Waals surface area contributed by atoms with Crippen molar-refractivity contribution in [2.45, 2.75) is 57.4 Å². The number of amides is 1. The Kier molecular flexibility index (Phi) is 6.92. The molecular weight excluding hydrogens is 408 g/mol. The number of rotatable bonds is 5. The highest BCUT2D eigenvalue weighted by Crippen LogP contribution is 2.26. The van der Waals surface area contributed by atoms with E-state index in [0.29, 0.717) is 37.4 Å². The molecule has 0 aliphatic carbocycles. The first kappa shape index (κ1) is 23.5. The number of piperidine rings is 1. The molecule has 1 aliphatic heterocycles. The second-order valence-electron chi connectivity index (χ2n) is 9.63. The van der Waals surface area contributed by atoms with Gasteiger partial charge in [-0.15, -0.1) is 0 Å². The van der Waals surface area contributed by atoms with Gasteiger partial charge in [-0.3, -0.25) is 4.79 Å². The normalized spacial score (nSPS) is 16.3. The standard InChI is InChI=1S/C25H34N2O3S/c1-19-6-12-23(13-7-19)31(29,30)27-16-14-21(15-17-27)24(28)26(5)18-20-8-10-22(11-9-20)25(2,3)4/h6-13,21H,14-18H2,1-5H3.